The van der Waals surface area contributed by atoms with Crippen molar-refractivity contribution >= 4 is 41.0 Å². The highest BCUT2D eigenvalue weighted by Crippen LogP contribution is 2.50. The standard InChI is InChI=1S/C33H33ClN4O3S/c1-21-10-8-16-27(22(21)2)38-33-30(31(36-38)23-11-4-3-5-12-23)32(25-14-6-7-15-26(25)34)42-20-29(40)37(33)19-28(39)35-18-24-13-9-17-41-24/h3-8,10-12,14-16,24,32H,9,13,17-20H2,1-2H3,(H,35,39)/t24-,32-/m0/s1. The average Bonchev–Trinajstić information content (AvgIpc) is 3.63. The summed E-state index contributed by atoms with van der Waals surface area (Å²) in [6.45, 7) is 5.13. The second-order valence-electron chi connectivity index (χ2n) is 10.7. The zero-order valence-corrected chi connectivity index (χ0v) is 25.3. The summed E-state index contributed by atoms with van der Waals surface area (Å²) in [5, 5.41) is 8.53. The molecule has 3 heterocycles. The SMILES string of the molecule is Cc1cccc(-n2nc(-c3ccccc3)c3c2N(CC(=O)NC[C@@H]2CCCO2)C(=O)CS[C@H]3c2ccccc2Cl)c1C. The van der Waals surface area contributed by atoms with E-state index in [2.05, 4.69) is 25.2 Å². The van der Waals surface area contributed by atoms with Crippen molar-refractivity contribution in [1.29, 1.82) is 0 Å². The number of aryl methyl sites for hydroxylation is 1. The van der Waals surface area contributed by atoms with Crippen LogP contribution in [-0.4, -0.2) is 53.1 Å². The largest absolute Gasteiger partial charge is 0.376 e. The number of amides is 2. The summed E-state index contributed by atoms with van der Waals surface area (Å²) in [5.74, 6) is 0.384. The predicted molar refractivity (Wildman–Crippen MR) is 169 cm³/mol. The smallest absolute Gasteiger partial charge is 0.240 e. The zero-order chi connectivity index (χ0) is 29.2. The molecule has 2 amide bonds. The van der Waals surface area contributed by atoms with Gasteiger partial charge in [-0.05, 0) is 55.5 Å². The van der Waals surface area contributed by atoms with Gasteiger partial charge in [0.1, 0.15) is 12.4 Å². The third kappa shape index (κ3) is 5.59. The van der Waals surface area contributed by atoms with Gasteiger partial charge in [-0.3, -0.25) is 14.5 Å². The summed E-state index contributed by atoms with van der Waals surface area (Å²) in [6, 6.07) is 23.8. The zero-order valence-electron chi connectivity index (χ0n) is 23.7. The lowest BCUT2D eigenvalue weighted by Gasteiger charge is -2.24. The molecule has 7 nitrogen and oxygen atoms in total. The van der Waals surface area contributed by atoms with Gasteiger partial charge in [-0.2, -0.15) is 5.10 Å². The monoisotopic (exact) mass is 600 g/mol. The van der Waals surface area contributed by atoms with Gasteiger partial charge in [0.15, 0.2) is 0 Å². The third-order valence-corrected chi connectivity index (χ3v) is 9.56. The predicted octanol–water partition coefficient (Wildman–Crippen LogP) is 6.27. The number of carbonyl (C=O) groups excluding carboxylic acids is 2. The number of carbonyl (C=O) groups is 2. The lowest BCUT2D eigenvalue weighted by molar-refractivity contribution is -0.123. The second kappa shape index (κ2) is 12.3. The molecule has 2 aliphatic rings. The van der Waals surface area contributed by atoms with Crippen LogP contribution in [0.15, 0.2) is 72.8 Å². The second-order valence-corrected chi connectivity index (χ2v) is 12.2. The van der Waals surface area contributed by atoms with E-state index in [0.29, 0.717) is 24.0 Å². The van der Waals surface area contributed by atoms with Gasteiger partial charge in [0.05, 0.1) is 28.5 Å². The molecule has 42 heavy (non-hydrogen) atoms. The molecule has 4 aromatic rings. The Balaban J connectivity index is 1.55. The van der Waals surface area contributed by atoms with Crippen LogP contribution in [0.2, 0.25) is 5.02 Å². The van der Waals surface area contributed by atoms with E-state index in [0.717, 1.165) is 52.0 Å². The van der Waals surface area contributed by atoms with E-state index in [1.165, 1.54) is 11.8 Å². The Kier molecular flexibility index (Phi) is 8.38. The lowest BCUT2D eigenvalue weighted by Crippen LogP contribution is -2.44. The maximum Gasteiger partial charge on any atom is 0.240 e. The van der Waals surface area contributed by atoms with Gasteiger partial charge in [0.25, 0.3) is 0 Å². The van der Waals surface area contributed by atoms with Crippen LogP contribution in [0.25, 0.3) is 16.9 Å². The van der Waals surface area contributed by atoms with Crippen molar-refractivity contribution in [2.45, 2.75) is 38.0 Å². The van der Waals surface area contributed by atoms with Crippen molar-refractivity contribution < 1.29 is 14.3 Å². The fourth-order valence-electron chi connectivity index (χ4n) is 5.63. The molecule has 3 aromatic carbocycles. The van der Waals surface area contributed by atoms with Crippen molar-refractivity contribution in [2.75, 3.05) is 30.3 Å². The Morgan fingerprint density at radius 3 is 2.62 bits per heavy atom. The molecular formula is C33H33ClN4O3S. The van der Waals surface area contributed by atoms with Gasteiger partial charge in [-0.25, -0.2) is 4.68 Å². The Morgan fingerprint density at radius 1 is 1.07 bits per heavy atom. The van der Waals surface area contributed by atoms with Gasteiger partial charge in [-0.15, -0.1) is 11.8 Å². The van der Waals surface area contributed by atoms with Gasteiger partial charge >= 0.3 is 0 Å². The molecule has 216 valence electrons. The van der Waals surface area contributed by atoms with E-state index in [1.807, 2.05) is 71.4 Å². The van der Waals surface area contributed by atoms with Crippen molar-refractivity contribution in [1.82, 2.24) is 15.1 Å². The number of hydrogen-bond donors (Lipinski definition) is 1. The summed E-state index contributed by atoms with van der Waals surface area (Å²) in [6.07, 6.45) is 1.92. The van der Waals surface area contributed by atoms with Gasteiger partial charge in [0, 0.05) is 29.3 Å². The minimum absolute atomic E-state index is 0.00894. The third-order valence-electron chi connectivity index (χ3n) is 7.98. The number of fused-ring (bicyclic) bond motifs is 1. The van der Waals surface area contributed by atoms with Crippen LogP contribution in [0.4, 0.5) is 5.82 Å². The van der Waals surface area contributed by atoms with E-state index in [4.69, 9.17) is 21.4 Å². The molecule has 1 N–H and O–H groups in total. The van der Waals surface area contributed by atoms with E-state index >= 15 is 0 Å². The Morgan fingerprint density at radius 2 is 1.86 bits per heavy atom. The molecule has 0 aliphatic carbocycles. The average molecular weight is 601 g/mol. The molecule has 1 fully saturated rings. The molecule has 0 unspecified atom stereocenters. The Bertz CT molecular complexity index is 1620. The summed E-state index contributed by atoms with van der Waals surface area (Å²) < 4.78 is 7.54. The van der Waals surface area contributed by atoms with Crippen molar-refractivity contribution in [3.63, 3.8) is 0 Å². The molecule has 6 rings (SSSR count). The number of anilines is 1. The fourth-order valence-corrected chi connectivity index (χ4v) is 7.17. The van der Waals surface area contributed by atoms with E-state index in [1.54, 1.807) is 4.90 Å². The minimum atomic E-state index is -0.285. The number of benzene rings is 3. The molecule has 1 aromatic heterocycles. The van der Waals surface area contributed by atoms with Crippen LogP contribution < -0.4 is 10.2 Å². The van der Waals surface area contributed by atoms with Crippen LogP contribution in [0.3, 0.4) is 0 Å². The van der Waals surface area contributed by atoms with Gasteiger partial charge < -0.3 is 10.1 Å². The quantitative estimate of drug-likeness (QED) is 0.270. The number of nitrogens with zero attached hydrogens (tertiary/aromatic N) is 3. The van der Waals surface area contributed by atoms with Gasteiger partial charge in [-0.1, -0.05) is 72.3 Å². The summed E-state index contributed by atoms with van der Waals surface area (Å²) in [5.41, 5.74) is 6.45. The van der Waals surface area contributed by atoms with Crippen molar-refractivity contribution in [2.24, 2.45) is 0 Å². The highest BCUT2D eigenvalue weighted by atomic mass is 35.5. The van der Waals surface area contributed by atoms with E-state index in [9.17, 15) is 9.59 Å². The number of thioether (sulfide) groups is 1. The normalized spacial score (nSPS) is 18.5. The van der Waals surface area contributed by atoms with Gasteiger partial charge in [0.2, 0.25) is 11.8 Å². The Hall–Kier alpha value is -3.59. The summed E-state index contributed by atoms with van der Waals surface area (Å²) in [7, 11) is 0. The molecule has 1 saturated heterocycles. The first-order valence-corrected chi connectivity index (χ1v) is 15.6. The van der Waals surface area contributed by atoms with Crippen LogP contribution in [0.1, 0.15) is 40.3 Å². The molecule has 2 atom stereocenters. The number of nitrogens with one attached hydrogen (secondary N) is 1. The van der Waals surface area contributed by atoms with Crippen LogP contribution >= 0.6 is 23.4 Å². The minimum Gasteiger partial charge on any atom is -0.376 e. The summed E-state index contributed by atoms with van der Waals surface area (Å²) >= 11 is 8.30. The van der Waals surface area contributed by atoms with Crippen molar-refractivity contribution in [3.05, 3.63) is 100 Å². The molecule has 0 spiro atoms. The molecule has 0 bridgehead atoms. The molecule has 0 saturated carbocycles. The first-order chi connectivity index (χ1) is 20.4. The number of hydrogen-bond acceptors (Lipinski definition) is 5. The van der Waals surface area contributed by atoms with E-state index < -0.39 is 0 Å². The van der Waals surface area contributed by atoms with E-state index in [-0.39, 0.29) is 35.5 Å². The first-order valence-electron chi connectivity index (χ1n) is 14.2. The summed E-state index contributed by atoms with van der Waals surface area (Å²) in [4.78, 5) is 28.9. The number of ether oxygens (including phenoxy) is 1. The number of rotatable bonds is 7. The van der Waals surface area contributed by atoms with Crippen LogP contribution in [0.5, 0.6) is 0 Å². The highest BCUT2D eigenvalue weighted by molar-refractivity contribution is 8.00. The molecular weight excluding hydrogens is 568 g/mol. The lowest BCUT2D eigenvalue weighted by atomic mass is 9.99. The van der Waals surface area contributed by atoms with Crippen LogP contribution in [-0.2, 0) is 14.3 Å². The maximum absolute atomic E-state index is 13.9. The van der Waals surface area contributed by atoms with Crippen molar-refractivity contribution in [3.8, 4) is 16.9 Å². The molecule has 2 aliphatic heterocycles. The van der Waals surface area contributed by atoms with Crippen LogP contribution in [0, 0.1) is 13.8 Å². The topological polar surface area (TPSA) is 76.5 Å². The maximum atomic E-state index is 13.9. The number of aromatic nitrogens is 2. The Labute approximate surface area is 255 Å². The number of halogens is 1. The molecule has 0 radical (unpaired) electrons. The fraction of sp³-hybridized carbons (Fsp3) is 0.303. The molecule has 9 heteroatoms. The first kappa shape index (κ1) is 28.5. The highest BCUT2D eigenvalue weighted by Gasteiger charge is 2.38.